The van der Waals surface area contributed by atoms with Crippen LogP contribution in [0.3, 0.4) is 0 Å². The Bertz CT molecular complexity index is 809. The summed E-state index contributed by atoms with van der Waals surface area (Å²) in [6.45, 7) is 1.18. The molecule has 2 fully saturated rings. The number of anilines is 1. The van der Waals surface area contributed by atoms with Gasteiger partial charge in [0.15, 0.2) is 0 Å². The smallest absolute Gasteiger partial charge is 0.235 e. The van der Waals surface area contributed by atoms with Gasteiger partial charge in [-0.05, 0) is 68.4 Å². The number of ether oxygens (including phenoxy) is 2. The average molecular weight is 444 g/mol. The van der Waals surface area contributed by atoms with Gasteiger partial charge in [-0.25, -0.2) is 0 Å². The van der Waals surface area contributed by atoms with E-state index in [0.717, 1.165) is 34.3 Å². The van der Waals surface area contributed by atoms with Crippen LogP contribution in [0.25, 0.3) is 0 Å². The van der Waals surface area contributed by atoms with Gasteiger partial charge >= 0.3 is 0 Å². The summed E-state index contributed by atoms with van der Waals surface area (Å²) in [5, 5.41) is 3.14. The maximum absolute atomic E-state index is 13.4. The van der Waals surface area contributed by atoms with Crippen molar-refractivity contribution < 1.29 is 14.3 Å². The van der Waals surface area contributed by atoms with Crippen LogP contribution < -0.4 is 10.1 Å². The van der Waals surface area contributed by atoms with E-state index in [4.69, 9.17) is 9.47 Å². The summed E-state index contributed by atoms with van der Waals surface area (Å²) in [6.07, 6.45) is 6.36. The van der Waals surface area contributed by atoms with Gasteiger partial charge in [0.25, 0.3) is 0 Å². The molecule has 1 heterocycles. The number of benzene rings is 2. The number of nitrogens with one attached hydrogen (secondary N) is 1. The molecule has 2 aromatic carbocycles. The molecule has 0 spiro atoms. The average Bonchev–Trinajstić information content (AvgIpc) is 3.22. The highest BCUT2D eigenvalue weighted by Crippen LogP contribution is 2.37. The summed E-state index contributed by atoms with van der Waals surface area (Å²) in [4.78, 5) is 13.4. The molecule has 1 N–H and O–H groups in total. The predicted molar refractivity (Wildman–Crippen MR) is 114 cm³/mol. The molecule has 148 valence electrons. The lowest BCUT2D eigenvalue weighted by Gasteiger charge is -2.36. The zero-order chi connectivity index (χ0) is 19.4. The molecule has 1 saturated heterocycles. The lowest BCUT2D eigenvalue weighted by atomic mass is 9.73. The minimum atomic E-state index is -0.568. The monoisotopic (exact) mass is 443 g/mol. The molecule has 0 unspecified atom stereocenters. The molecular weight excluding hydrogens is 418 g/mol. The van der Waals surface area contributed by atoms with E-state index in [9.17, 15) is 4.79 Å². The number of hydrogen-bond donors (Lipinski definition) is 1. The lowest BCUT2D eigenvalue weighted by Crippen LogP contribution is -2.44. The van der Waals surface area contributed by atoms with Crippen LogP contribution in [0.15, 0.2) is 53.0 Å². The van der Waals surface area contributed by atoms with Gasteiger partial charge in [0.2, 0.25) is 5.91 Å². The Morgan fingerprint density at radius 3 is 2.50 bits per heavy atom. The van der Waals surface area contributed by atoms with Crippen LogP contribution >= 0.6 is 15.9 Å². The summed E-state index contributed by atoms with van der Waals surface area (Å²) < 4.78 is 12.7. The minimum Gasteiger partial charge on any atom is -0.490 e. The van der Waals surface area contributed by atoms with Gasteiger partial charge in [-0.15, -0.1) is 0 Å². The number of hydrogen-bond acceptors (Lipinski definition) is 3. The molecule has 28 heavy (non-hydrogen) atoms. The van der Waals surface area contributed by atoms with Crippen LogP contribution in [-0.2, 0) is 14.9 Å². The molecule has 1 aliphatic heterocycles. The second-order valence-corrected chi connectivity index (χ2v) is 8.62. The Kier molecular flexibility index (Phi) is 6.02. The number of rotatable bonds is 5. The van der Waals surface area contributed by atoms with Gasteiger partial charge < -0.3 is 14.8 Å². The third-order valence-corrected chi connectivity index (χ3v) is 6.40. The van der Waals surface area contributed by atoms with Gasteiger partial charge in [0.05, 0.1) is 11.5 Å². The molecule has 1 saturated carbocycles. The first-order valence-electron chi connectivity index (χ1n) is 10.1. The Balaban J connectivity index is 1.53. The first kappa shape index (κ1) is 19.5. The molecule has 4 nitrogen and oxygen atoms in total. The van der Waals surface area contributed by atoms with Crippen LogP contribution in [-0.4, -0.2) is 25.2 Å². The third kappa shape index (κ3) is 4.26. The Morgan fingerprint density at radius 1 is 1.07 bits per heavy atom. The van der Waals surface area contributed by atoms with E-state index in [1.807, 2.05) is 48.5 Å². The first-order chi connectivity index (χ1) is 13.7. The molecule has 0 atom stereocenters. The fourth-order valence-corrected chi connectivity index (χ4v) is 4.50. The highest BCUT2D eigenvalue weighted by molar-refractivity contribution is 9.10. The maximum atomic E-state index is 13.4. The van der Waals surface area contributed by atoms with Crippen molar-refractivity contribution in [1.82, 2.24) is 0 Å². The van der Waals surface area contributed by atoms with Crippen LogP contribution in [0.4, 0.5) is 5.69 Å². The lowest BCUT2D eigenvalue weighted by molar-refractivity contribution is -0.125. The molecule has 2 aliphatic rings. The normalized spacial score (nSPS) is 19.3. The molecule has 1 aliphatic carbocycles. The highest BCUT2D eigenvalue weighted by Gasteiger charge is 2.41. The van der Waals surface area contributed by atoms with E-state index in [2.05, 4.69) is 21.2 Å². The van der Waals surface area contributed by atoms with Crippen molar-refractivity contribution >= 4 is 27.5 Å². The number of halogens is 1. The van der Waals surface area contributed by atoms with E-state index >= 15 is 0 Å². The van der Waals surface area contributed by atoms with Crippen molar-refractivity contribution in [2.24, 2.45) is 0 Å². The summed E-state index contributed by atoms with van der Waals surface area (Å²) in [7, 11) is 0. The zero-order valence-corrected chi connectivity index (χ0v) is 17.5. The predicted octanol–water partition coefficient (Wildman–Crippen LogP) is 5.46. The van der Waals surface area contributed by atoms with Gasteiger partial charge in [-0.1, -0.05) is 34.1 Å². The Morgan fingerprint density at radius 2 is 1.79 bits per heavy atom. The van der Waals surface area contributed by atoms with Gasteiger partial charge in [0.1, 0.15) is 5.75 Å². The van der Waals surface area contributed by atoms with E-state index in [0.29, 0.717) is 32.2 Å². The van der Waals surface area contributed by atoms with Crippen molar-refractivity contribution in [2.75, 3.05) is 18.5 Å². The number of carbonyl (C=O) groups excluding carboxylic acids is 1. The molecule has 5 heteroatoms. The molecule has 0 bridgehead atoms. The van der Waals surface area contributed by atoms with Crippen molar-refractivity contribution in [2.45, 2.75) is 50.0 Å². The summed E-state index contributed by atoms with van der Waals surface area (Å²) in [6, 6.07) is 15.8. The fourth-order valence-electron chi connectivity index (χ4n) is 4.23. The largest absolute Gasteiger partial charge is 0.490 e. The minimum absolute atomic E-state index is 0.0242. The Hall–Kier alpha value is -1.85. The summed E-state index contributed by atoms with van der Waals surface area (Å²) in [5.41, 5.74) is 1.25. The van der Waals surface area contributed by atoms with E-state index in [1.165, 1.54) is 12.8 Å². The van der Waals surface area contributed by atoms with Crippen molar-refractivity contribution in [3.05, 3.63) is 58.6 Å². The second-order valence-electron chi connectivity index (χ2n) is 7.71. The van der Waals surface area contributed by atoms with Crippen LogP contribution in [0.2, 0.25) is 0 Å². The number of carbonyl (C=O) groups is 1. The standard InChI is InChI=1S/C23H26BrNO3/c24-18-10-8-17(9-11-18)23(12-14-27-15-13-23)22(26)25-19-4-3-7-21(16-19)28-20-5-1-2-6-20/h3-4,7-11,16,20H,1-2,5-6,12-15H2,(H,25,26). The van der Waals surface area contributed by atoms with E-state index < -0.39 is 5.41 Å². The SMILES string of the molecule is O=C(Nc1cccc(OC2CCCC2)c1)C1(c2ccc(Br)cc2)CCOCC1. The second kappa shape index (κ2) is 8.66. The van der Waals surface area contributed by atoms with Crippen molar-refractivity contribution in [1.29, 1.82) is 0 Å². The van der Waals surface area contributed by atoms with Crippen molar-refractivity contribution in [3.63, 3.8) is 0 Å². The molecule has 2 aromatic rings. The first-order valence-corrected chi connectivity index (χ1v) is 10.9. The summed E-state index contributed by atoms with van der Waals surface area (Å²) in [5.74, 6) is 0.852. The zero-order valence-electron chi connectivity index (χ0n) is 16.0. The van der Waals surface area contributed by atoms with Crippen LogP contribution in [0.5, 0.6) is 5.75 Å². The van der Waals surface area contributed by atoms with Gasteiger partial charge in [-0.2, -0.15) is 0 Å². The Labute approximate surface area is 174 Å². The van der Waals surface area contributed by atoms with Gasteiger partial charge in [-0.3, -0.25) is 4.79 Å². The maximum Gasteiger partial charge on any atom is 0.235 e. The van der Waals surface area contributed by atoms with Crippen LogP contribution in [0.1, 0.15) is 44.1 Å². The van der Waals surface area contributed by atoms with E-state index in [-0.39, 0.29) is 5.91 Å². The third-order valence-electron chi connectivity index (χ3n) is 5.87. The molecule has 0 aromatic heterocycles. The highest BCUT2D eigenvalue weighted by atomic mass is 79.9. The summed E-state index contributed by atoms with van der Waals surface area (Å²) >= 11 is 3.48. The molecule has 1 amide bonds. The van der Waals surface area contributed by atoms with Gasteiger partial charge in [0, 0.05) is 29.4 Å². The fraction of sp³-hybridized carbons (Fsp3) is 0.435. The quantitative estimate of drug-likeness (QED) is 0.667. The molecule has 0 radical (unpaired) electrons. The molecule has 4 rings (SSSR count). The molecular formula is C23H26BrNO3. The number of amides is 1. The van der Waals surface area contributed by atoms with E-state index in [1.54, 1.807) is 0 Å². The van der Waals surface area contributed by atoms with Crippen molar-refractivity contribution in [3.8, 4) is 5.75 Å². The topological polar surface area (TPSA) is 47.6 Å². The van der Waals surface area contributed by atoms with Crippen LogP contribution in [0, 0.1) is 0 Å².